The fourth-order valence-corrected chi connectivity index (χ4v) is 3.83. The first-order chi connectivity index (χ1) is 9.97. The van der Waals surface area contributed by atoms with Crippen LogP contribution < -0.4 is 0 Å². The van der Waals surface area contributed by atoms with Crippen LogP contribution in [-0.4, -0.2) is 5.11 Å². The van der Waals surface area contributed by atoms with E-state index in [9.17, 15) is 5.11 Å². The van der Waals surface area contributed by atoms with Gasteiger partial charge in [-0.25, -0.2) is 0 Å². The van der Waals surface area contributed by atoms with Crippen molar-refractivity contribution in [1.29, 1.82) is 0 Å². The van der Waals surface area contributed by atoms with Gasteiger partial charge in [0.05, 0.1) is 0 Å². The summed E-state index contributed by atoms with van der Waals surface area (Å²) in [6.45, 7) is 8.84. The van der Waals surface area contributed by atoms with Crippen molar-refractivity contribution in [3.05, 3.63) is 63.7 Å². The molecule has 21 heavy (non-hydrogen) atoms. The maximum Gasteiger partial charge on any atom is 0.116 e. The smallest absolute Gasteiger partial charge is 0.116 e. The lowest BCUT2D eigenvalue weighted by atomic mass is 9.86. The first-order valence-corrected chi connectivity index (χ1v) is 7.90. The van der Waals surface area contributed by atoms with Gasteiger partial charge in [0, 0.05) is 5.92 Å². The molecule has 0 amide bonds. The third-order valence-corrected chi connectivity index (χ3v) is 4.84. The van der Waals surface area contributed by atoms with Crippen LogP contribution in [0.2, 0.25) is 0 Å². The molecule has 0 fully saturated rings. The predicted octanol–water partition coefficient (Wildman–Crippen LogP) is 5.21. The summed E-state index contributed by atoms with van der Waals surface area (Å²) in [6, 6.07) is 10.8. The van der Waals surface area contributed by atoms with Gasteiger partial charge < -0.3 is 5.11 Å². The van der Waals surface area contributed by atoms with Crippen LogP contribution in [0.3, 0.4) is 0 Å². The lowest BCUT2D eigenvalue weighted by molar-refractivity contribution is 0.474. The summed E-state index contributed by atoms with van der Waals surface area (Å²) in [4.78, 5) is 0. The highest BCUT2D eigenvalue weighted by molar-refractivity contribution is 5.51. The normalized spacial score (nSPS) is 17.3. The number of phenolic OH excluding ortho intramolecular Hbond substituents is 1. The molecule has 0 aromatic heterocycles. The van der Waals surface area contributed by atoms with Gasteiger partial charge in [0.1, 0.15) is 5.75 Å². The lowest BCUT2D eigenvalue weighted by Crippen LogP contribution is -2.01. The Labute approximate surface area is 127 Å². The van der Waals surface area contributed by atoms with Crippen LogP contribution in [0, 0.1) is 13.8 Å². The number of hydrogen-bond donors (Lipinski definition) is 1. The molecule has 0 bridgehead atoms. The van der Waals surface area contributed by atoms with Gasteiger partial charge in [0.15, 0.2) is 0 Å². The van der Waals surface area contributed by atoms with E-state index in [4.69, 9.17) is 0 Å². The molecular weight excluding hydrogens is 256 g/mol. The monoisotopic (exact) mass is 280 g/mol. The van der Waals surface area contributed by atoms with Gasteiger partial charge in [-0.3, -0.25) is 0 Å². The third kappa shape index (κ3) is 2.46. The molecule has 1 aliphatic rings. The molecule has 2 aromatic carbocycles. The highest BCUT2D eigenvalue weighted by Gasteiger charge is 2.26. The van der Waals surface area contributed by atoms with Crippen molar-refractivity contribution >= 4 is 0 Å². The molecule has 1 heteroatoms. The average Bonchev–Trinajstić information content (AvgIpc) is 2.82. The Balaban J connectivity index is 2.07. The summed E-state index contributed by atoms with van der Waals surface area (Å²) < 4.78 is 0. The molecule has 0 heterocycles. The summed E-state index contributed by atoms with van der Waals surface area (Å²) in [6.07, 6.45) is 2.22. The molecule has 0 saturated carbocycles. The Morgan fingerprint density at radius 3 is 2.52 bits per heavy atom. The molecule has 0 aliphatic heterocycles. The largest absolute Gasteiger partial charge is 0.508 e. The van der Waals surface area contributed by atoms with E-state index in [-0.39, 0.29) is 0 Å². The SMILES string of the molecule is Cc1ccc(C2CCc3cc(O)cc(C)c32)cc1C(C)C. The molecule has 3 rings (SSSR count). The second kappa shape index (κ2) is 5.22. The number of rotatable bonds is 2. The molecule has 2 aromatic rings. The van der Waals surface area contributed by atoms with Crippen LogP contribution in [0.15, 0.2) is 30.3 Å². The number of aromatic hydroxyl groups is 1. The highest BCUT2D eigenvalue weighted by Crippen LogP contribution is 2.42. The molecule has 1 aliphatic carbocycles. The molecule has 1 atom stereocenters. The van der Waals surface area contributed by atoms with Crippen LogP contribution >= 0.6 is 0 Å². The second-order valence-electron chi connectivity index (χ2n) is 6.70. The van der Waals surface area contributed by atoms with Crippen molar-refractivity contribution in [3.8, 4) is 5.75 Å². The molecule has 1 nitrogen and oxygen atoms in total. The maximum atomic E-state index is 9.79. The first-order valence-electron chi connectivity index (χ1n) is 7.90. The minimum absolute atomic E-state index is 0.402. The van der Waals surface area contributed by atoms with Crippen LogP contribution in [0.25, 0.3) is 0 Å². The van der Waals surface area contributed by atoms with Crippen LogP contribution in [0.1, 0.15) is 65.5 Å². The van der Waals surface area contributed by atoms with E-state index in [1.54, 1.807) is 0 Å². The second-order valence-corrected chi connectivity index (χ2v) is 6.70. The third-order valence-electron chi connectivity index (χ3n) is 4.84. The number of aryl methyl sites for hydroxylation is 3. The van der Waals surface area contributed by atoms with Gasteiger partial charge in [0.25, 0.3) is 0 Å². The van der Waals surface area contributed by atoms with Crippen molar-refractivity contribution in [2.45, 2.75) is 52.4 Å². The van der Waals surface area contributed by atoms with Crippen molar-refractivity contribution in [3.63, 3.8) is 0 Å². The van der Waals surface area contributed by atoms with Crippen LogP contribution in [0.4, 0.5) is 0 Å². The van der Waals surface area contributed by atoms with Crippen molar-refractivity contribution < 1.29 is 5.11 Å². The van der Waals surface area contributed by atoms with E-state index >= 15 is 0 Å². The Morgan fingerprint density at radius 1 is 1.05 bits per heavy atom. The fourth-order valence-electron chi connectivity index (χ4n) is 3.83. The standard InChI is InChI=1S/C20H24O/c1-12(2)19-11-15(6-5-13(19)3)18-8-7-16-10-17(21)9-14(4)20(16)18/h5-6,9-12,18,21H,7-8H2,1-4H3. The number of hydrogen-bond acceptors (Lipinski definition) is 1. The summed E-state index contributed by atoms with van der Waals surface area (Å²) in [5, 5.41) is 9.79. The summed E-state index contributed by atoms with van der Waals surface area (Å²) >= 11 is 0. The van der Waals surface area contributed by atoms with Crippen LogP contribution in [-0.2, 0) is 6.42 Å². The van der Waals surface area contributed by atoms with Crippen molar-refractivity contribution in [2.24, 2.45) is 0 Å². The first kappa shape index (κ1) is 14.2. The van der Waals surface area contributed by atoms with Gasteiger partial charge >= 0.3 is 0 Å². The maximum absolute atomic E-state index is 9.79. The van der Waals surface area contributed by atoms with Gasteiger partial charge in [-0.15, -0.1) is 0 Å². The predicted molar refractivity (Wildman–Crippen MR) is 88.3 cm³/mol. The van der Waals surface area contributed by atoms with E-state index in [0.717, 1.165) is 12.8 Å². The molecule has 110 valence electrons. The number of fused-ring (bicyclic) bond motifs is 1. The molecule has 1 unspecified atom stereocenters. The molecule has 1 N–H and O–H groups in total. The lowest BCUT2D eigenvalue weighted by Gasteiger charge is -2.18. The quantitative estimate of drug-likeness (QED) is 0.800. The zero-order valence-electron chi connectivity index (χ0n) is 13.4. The molecule has 0 spiro atoms. The van der Waals surface area contributed by atoms with Gasteiger partial charge in [-0.1, -0.05) is 32.0 Å². The Morgan fingerprint density at radius 2 is 1.81 bits per heavy atom. The van der Waals surface area contributed by atoms with Gasteiger partial charge in [-0.05, 0) is 78.1 Å². The number of phenols is 1. The topological polar surface area (TPSA) is 20.2 Å². The fraction of sp³-hybridized carbons (Fsp3) is 0.400. The van der Waals surface area contributed by atoms with E-state index in [0.29, 0.717) is 17.6 Å². The average molecular weight is 280 g/mol. The summed E-state index contributed by atoms with van der Waals surface area (Å²) in [7, 11) is 0. The van der Waals surface area contributed by atoms with Gasteiger partial charge in [0.2, 0.25) is 0 Å². The van der Waals surface area contributed by atoms with Crippen LogP contribution in [0.5, 0.6) is 5.75 Å². The summed E-state index contributed by atoms with van der Waals surface area (Å²) in [5.41, 5.74) is 8.25. The van der Waals surface area contributed by atoms with Gasteiger partial charge in [-0.2, -0.15) is 0 Å². The van der Waals surface area contributed by atoms with E-state index in [1.807, 2.05) is 12.1 Å². The molecular formula is C20H24O. The van der Waals surface area contributed by atoms with E-state index < -0.39 is 0 Å². The van der Waals surface area contributed by atoms with E-state index in [2.05, 4.69) is 45.9 Å². The Bertz CT molecular complexity index is 682. The van der Waals surface area contributed by atoms with E-state index in [1.165, 1.54) is 33.4 Å². The Hall–Kier alpha value is -1.76. The van der Waals surface area contributed by atoms with Crippen molar-refractivity contribution in [1.82, 2.24) is 0 Å². The minimum Gasteiger partial charge on any atom is -0.508 e. The van der Waals surface area contributed by atoms with Crippen molar-refractivity contribution in [2.75, 3.05) is 0 Å². The molecule has 0 radical (unpaired) electrons. The summed E-state index contributed by atoms with van der Waals surface area (Å²) in [5.74, 6) is 1.45. The number of benzene rings is 2. The molecule has 0 saturated heterocycles. The zero-order valence-corrected chi connectivity index (χ0v) is 13.4. The highest BCUT2D eigenvalue weighted by atomic mass is 16.3. The Kier molecular flexibility index (Phi) is 3.52. The minimum atomic E-state index is 0.402. The zero-order chi connectivity index (χ0) is 15.1.